The van der Waals surface area contributed by atoms with Crippen LogP contribution in [0.15, 0.2) is 16.5 Å². The van der Waals surface area contributed by atoms with Gasteiger partial charge in [0.05, 0.1) is 6.07 Å². The van der Waals surface area contributed by atoms with Gasteiger partial charge in [-0.2, -0.15) is 0 Å². The molecule has 7 nitrogen and oxygen atoms in total. The van der Waals surface area contributed by atoms with Gasteiger partial charge in [0, 0.05) is 4.92 Å². The molecule has 2 atom stereocenters. The van der Waals surface area contributed by atoms with E-state index in [0.29, 0.717) is 0 Å². The van der Waals surface area contributed by atoms with E-state index in [0.717, 1.165) is 6.07 Å². The Morgan fingerprint density at radius 3 is 2.27 bits per heavy atom. The fourth-order valence-electron chi connectivity index (χ4n) is 0.831. The van der Waals surface area contributed by atoms with Crippen molar-refractivity contribution >= 4 is 37.7 Å². The minimum absolute atomic E-state index is 0.125. The Balaban J connectivity index is 2.87. The van der Waals surface area contributed by atoms with Crippen LogP contribution in [0.5, 0.6) is 0 Å². The minimum Gasteiger partial charge on any atom is -0.404 e. The summed E-state index contributed by atoms with van der Waals surface area (Å²) in [6.45, 7) is 0. The first-order chi connectivity index (χ1) is 6.93. The third-order valence-corrected chi connectivity index (χ3v) is 4.03. The average molecular weight is 344 g/mol. The first kappa shape index (κ1) is 12.1. The van der Waals surface area contributed by atoms with Crippen molar-refractivity contribution in [3.63, 3.8) is 0 Å². The summed E-state index contributed by atoms with van der Waals surface area (Å²) in [6, 6.07) is 2.46. The van der Waals surface area contributed by atoms with E-state index < -0.39 is 25.5 Å². The predicted molar refractivity (Wildman–Crippen MR) is 56.7 cm³/mol. The van der Waals surface area contributed by atoms with E-state index in [1.165, 1.54) is 6.07 Å². The van der Waals surface area contributed by atoms with Gasteiger partial charge >= 0.3 is 5.88 Å². The molecule has 0 aliphatic rings. The molecule has 0 spiro atoms. The highest BCUT2D eigenvalue weighted by Gasteiger charge is 2.31. The Labute approximate surface area is 100.0 Å². The first-order valence-electron chi connectivity index (χ1n) is 3.59. The monoisotopic (exact) mass is 342 g/mol. The lowest BCUT2D eigenvalue weighted by molar-refractivity contribution is -0.492. The van der Waals surface area contributed by atoms with Gasteiger partial charge in [0.25, 0.3) is 4.95 Å². The second-order valence-electron chi connectivity index (χ2n) is 2.49. The number of furan rings is 1. The van der Waals surface area contributed by atoms with Crippen molar-refractivity contribution in [2.75, 3.05) is 0 Å². The number of rotatable bonds is 4. The predicted octanol–water partition coefficient (Wildman–Crippen LogP) is 2.62. The highest BCUT2D eigenvalue weighted by Crippen LogP contribution is 2.34. The zero-order chi connectivity index (χ0) is 11.6. The molecule has 0 aliphatic carbocycles. The summed E-state index contributed by atoms with van der Waals surface area (Å²) in [7, 11) is 0. The summed E-state index contributed by atoms with van der Waals surface area (Å²) in [5.41, 5.74) is 0. The molecule has 0 radical (unpaired) electrons. The van der Waals surface area contributed by atoms with Crippen LogP contribution >= 0.6 is 31.9 Å². The van der Waals surface area contributed by atoms with Gasteiger partial charge in [0.1, 0.15) is 10.7 Å². The maximum atomic E-state index is 10.4. The summed E-state index contributed by atoms with van der Waals surface area (Å²) in [4.78, 5) is 17.5. The van der Waals surface area contributed by atoms with Gasteiger partial charge in [-0.25, -0.2) is 0 Å². The Hall–Kier alpha value is -0.960. The molecule has 15 heavy (non-hydrogen) atoms. The van der Waals surface area contributed by atoms with Crippen LogP contribution in [0, 0.1) is 20.2 Å². The molecular weight excluding hydrogens is 340 g/mol. The summed E-state index contributed by atoms with van der Waals surface area (Å²) in [6.07, 6.45) is 0. The van der Waals surface area contributed by atoms with Gasteiger partial charge in [0.2, 0.25) is 0 Å². The van der Waals surface area contributed by atoms with Crippen LogP contribution < -0.4 is 0 Å². The zero-order valence-corrected chi connectivity index (χ0v) is 10.2. The van der Waals surface area contributed by atoms with Crippen molar-refractivity contribution in [3.05, 3.63) is 38.1 Å². The molecule has 0 aliphatic heterocycles. The van der Waals surface area contributed by atoms with Crippen LogP contribution in [0.4, 0.5) is 5.88 Å². The molecule has 82 valence electrons. The Kier molecular flexibility index (Phi) is 3.80. The van der Waals surface area contributed by atoms with Gasteiger partial charge in [-0.05, 0) is 22.0 Å². The number of nitrogens with zero attached hydrogens (tertiary/aromatic N) is 2. The number of hydrogen-bond donors (Lipinski definition) is 0. The van der Waals surface area contributed by atoms with Crippen LogP contribution in [-0.4, -0.2) is 14.8 Å². The van der Waals surface area contributed by atoms with E-state index in [1.54, 1.807) is 0 Å². The number of halogens is 2. The van der Waals surface area contributed by atoms with E-state index in [4.69, 9.17) is 4.42 Å². The topological polar surface area (TPSA) is 99.4 Å². The summed E-state index contributed by atoms with van der Waals surface area (Å²) < 4.78 is 4.80. The van der Waals surface area contributed by atoms with E-state index in [9.17, 15) is 20.2 Å². The average Bonchev–Trinajstić information content (AvgIpc) is 2.64. The maximum absolute atomic E-state index is 10.4. The first-order valence-corrected chi connectivity index (χ1v) is 5.42. The second-order valence-corrected chi connectivity index (χ2v) is 4.42. The lowest BCUT2D eigenvalue weighted by Gasteiger charge is -2.05. The molecule has 1 aromatic rings. The third kappa shape index (κ3) is 2.75. The van der Waals surface area contributed by atoms with Crippen LogP contribution in [0.25, 0.3) is 0 Å². The van der Waals surface area contributed by atoms with Gasteiger partial charge in [-0.3, -0.25) is 20.2 Å². The Morgan fingerprint density at radius 2 is 1.87 bits per heavy atom. The molecule has 1 heterocycles. The molecule has 0 aromatic carbocycles. The number of hydrogen-bond acceptors (Lipinski definition) is 5. The molecular formula is C6H4Br2N2O5. The summed E-state index contributed by atoms with van der Waals surface area (Å²) >= 11 is 5.82. The molecule has 0 bridgehead atoms. The third-order valence-electron chi connectivity index (χ3n) is 1.51. The molecule has 0 amide bonds. The molecule has 9 heteroatoms. The fraction of sp³-hybridized carbons (Fsp3) is 0.333. The molecule has 0 saturated heterocycles. The van der Waals surface area contributed by atoms with Gasteiger partial charge < -0.3 is 4.42 Å². The quantitative estimate of drug-likeness (QED) is 0.362. The maximum Gasteiger partial charge on any atom is 0.433 e. The second kappa shape index (κ2) is 4.71. The van der Waals surface area contributed by atoms with E-state index in [1.807, 2.05) is 0 Å². The normalized spacial score (nSPS) is 14.5. The summed E-state index contributed by atoms with van der Waals surface area (Å²) in [5, 5.41) is 20.7. The SMILES string of the molecule is O=[N+]([O-])c1ccc(C(Br)C(Br)[N+](=O)[O-])o1. The van der Waals surface area contributed by atoms with Crippen LogP contribution in [0.2, 0.25) is 0 Å². The Morgan fingerprint density at radius 1 is 1.27 bits per heavy atom. The molecule has 0 fully saturated rings. The molecule has 0 N–H and O–H groups in total. The van der Waals surface area contributed by atoms with Crippen molar-refractivity contribution in [3.8, 4) is 0 Å². The molecule has 1 aromatic heterocycles. The van der Waals surface area contributed by atoms with Crippen LogP contribution in [0.3, 0.4) is 0 Å². The van der Waals surface area contributed by atoms with Crippen molar-refractivity contribution in [1.82, 2.24) is 0 Å². The fourth-order valence-corrected chi connectivity index (χ4v) is 1.53. The molecule has 2 unspecified atom stereocenters. The van der Waals surface area contributed by atoms with Crippen molar-refractivity contribution < 1.29 is 14.3 Å². The number of alkyl halides is 2. The zero-order valence-electron chi connectivity index (χ0n) is 7.00. The van der Waals surface area contributed by atoms with E-state index >= 15 is 0 Å². The lowest BCUT2D eigenvalue weighted by atomic mass is 10.3. The highest BCUT2D eigenvalue weighted by molar-refractivity contribution is 9.12. The Bertz CT molecular complexity index is 393. The molecule has 0 saturated carbocycles. The van der Waals surface area contributed by atoms with Gasteiger partial charge in [0.15, 0.2) is 4.83 Å². The van der Waals surface area contributed by atoms with Crippen molar-refractivity contribution in [2.24, 2.45) is 0 Å². The van der Waals surface area contributed by atoms with Crippen LogP contribution in [0.1, 0.15) is 10.6 Å². The molecule has 1 rings (SSSR count). The lowest BCUT2D eigenvalue weighted by Crippen LogP contribution is -2.16. The van der Waals surface area contributed by atoms with Crippen molar-refractivity contribution in [2.45, 2.75) is 9.78 Å². The smallest absolute Gasteiger partial charge is 0.404 e. The highest BCUT2D eigenvalue weighted by atomic mass is 79.9. The van der Waals surface area contributed by atoms with E-state index in [-0.39, 0.29) is 5.76 Å². The van der Waals surface area contributed by atoms with Crippen molar-refractivity contribution in [1.29, 1.82) is 0 Å². The van der Waals surface area contributed by atoms with Gasteiger partial charge in [-0.1, -0.05) is 15.9 Å². The minimum atomic E-state index is -1.11. The number of nitro groups is 2. The summed E-state index contributed by atoms with van der Waals surface area (Å²) in [5.74, 6) is -0.322. The van der Waals surface area contributed by atoms with E-state index in [2.05, 4.69) is 31.9 Å². The van der Waals surface area contributed by atoms with Crippen LogP contribution in [-0.2, 0) is 0 Å². The largest absolute Gasteiger partial charge is 0.433 e. The standard InChI is InChI=1S/C6H4Br2N2O5/c7-5(6(8)10(13)14)3-1-2-4(15-3)9(11)12/h1-2,5-6H. The van der Waals surface area contributed by atoms with Gasteiger partial charge in [-0.15, -0.1) is 0 Å².